The van der Waals surface area contributed by atoms with E-state index in [1.54, 1.807) is 10.4 Å². The SMILES string of the molecule is CCC1CCCN1S(=O)(=O)c1cc(N)c(C)cc1Cl. The van der Waals surface area contributed by atoms with Crippen LogP contribution in [-0.2, 0) is 10.0 Å². The van der Waals surface area contributed by atoms with Crippen LogP contribution in [0.1, 0.15) is 31.7 Å². The first-order valence-corrected chi connectivity index (χ1v) is 8.27. The Balaban J connectivity index is 2.48. The van der Waals surface area contributed by atoms with Crippen LogP contribution in [0, 0.1) is 6.92 Å². The van der Waals surface area contributed by atoms with Crippen molar-refractivity contribution in [2.24, 2.45) is 0 Å². The van der Waals surface area contributed by atoms with Gasteiger partial charge in [0.15, 0.2) is 0 Å². The van der Waals surface area contributed by atoms with Gasteiger partial charge >= 0.3 is 0 Å². The summed E-state index contributed by atoms with van der Waals surface area (Å²) in [4.78, 5) is 0.123. The molecule has 1 saturated heterocycles. The fourth-order valence-electron chi connectivity index (χ4n) is 2.53. The van der Waals surface area contributed by atoms with Crippen molar-refractivity contribution in [2.45, 2.75) is 44.0 Å². The van der Waals surface area contributed by atoms with Crippen molar-refractivity contribution in [1.29, 1.82) is 0 Å². The predicted molar refractivity (Wildman–Crippen MR) is 77.8 cm³/mol. The highest BCUT2D eigenvalue weighted by Gasteiger charge is 2.35. The Kier molecular flexibility index (Phi) is 4.08. The summed E-state index contributed by atoms with van der Waals surface area (Å²) in [5, 5.41) is 0.244. The molecule has 1 unspecified atom stereocenters. The van der Waals surface area contributed by atoms with E-state index in [1.165, 1.54) is 6.07 Å². The van der Waals surface area contributed by atoms with Crippen LogP contribution in [0.25, 0.3) is 0 Å². The summed E-state index contributed by atoms with van der Waals surface area (Å²) in [6.45, 7) is 4.37. The first-order chi connectivity index (χ1) is 8.87. The van der Waals surface area contributed by atoms with E-state index < -0.39 is 10.0 Å². The number of sulfonamides is 1. The molecule has 1 aromatic rings. The maximum Gasteiger partial charge on any atom is 0.244 e. The number of hydrogen-bond donors (Lipinski definition) is 1. The molecule has 0 aromatic heterocycles. The van der Waals surface area contributed by atoms with Crippen LogP contribution in [0.3, 0.4) is 0 Å². The molecule has 0 saturated carbocycles. The molecule has 0 radical (unpaired) electrons. The van der Waals surface area contributed by atoms with Crippen molar-refractivity contribution in [1.82, 2.24) is 4.31 Å². The number of benzene rings is 1. The summed E-state index contributed by atoms with van der Waals surface area (Å²) in [7, 11) is -3.55. The van der Waals surface area contributed by atoms with Crippen molar-refractivity contribution < 1.29 is 8.42 Å². The average molecular weight is 303 g/mol. The molecule has 2 rings (SSSR count). The lowest BCUT2D eigenvalue weighted by Gasteiger charge is -2.23. The molecule has 0 amide bonds. The fourth-order valence-corrected chi connectivity index (χ4v) is 4.89. The molecule has 1 aromatic carbocycles. The number of nitrogens with two attached hydrogens (primary N) is 1. The predicted octanol–water partition coefficient (Wildman–Crippen LogP) is 2.79. The largest absolute Gasteiger partial charge is 0.398 e. The van der Waals surface area contributed by atoms with Gasteiger partial charge in [-0.05, 0) is 43.9 Å². The van der Waals surface area contributed by atoms with Gasteiger partial charge in [0.05, 0.1) is 5.02 Å². The number of aryl methyl sites for hydroxylation is 1. The smallest absolute Gasteiger partial charge is 0.244 e. The Hall–Kier alpha value is -0.780. The van der Waals surface area contributed by atoms with Gasteiger partial charge in [-0.1, -0.05) is 18.5 Å². The summed E-state index contributed by atoms with van der Waals surface area (Å²) in [6, 6.07) is 3.15. The number of anilines is 1. The first-order valence-electron chi connectivity index (χ1n) is 6.45. The Labute approximate surface area is 119 Å². The van der Waals surface area contributed by atoms with Gasteiger partial charge in [0.25, 0.3) is 0 Å². The van der Waals surface area contributed by atoms with Crippen LogP contribution in [-0.4, -0.2) is 25.3 Å². The molecule has 1 aliphatic heterocycles. The van der Waals surface area contributed by atoms with Crippen molar-refractivity contribution in [3.05, 3.63) is 22.7 Å². The second kappa shape index (κ2) is 5.31. The van der Waals surface area contributed by atoms with Crippen LogP contribution in [0.5, 0.6) is 0 Å². The number of hydrogen-bond acceptors (Lipinski definition) is 3. The lowest BCUT2D eigenvalue weighted by molar-refractivity contribution is 0.379. The second-order valence-electron chi connectivity index (χ2n) is 4.96. The van der Waals surface area contributed by atoms with Crippen molar-refractivity contribution in [2.75, 3.05) is 12.3 Å². The molecule has 1 aliphatic rings. The normalized spacial score (nSPS) is 20.9. The average Bonchev–Trinajstić information content (AvgIpc) is 2.82. The van der Waals surface area contributed by atoms with E-state index in [4.69, 9.17) is 17.3 Å². The van der Waals surface area contributed by atoms with Gasteiger partial charge in [0.2, 0.25) is 10.0 Å². The zero-order chi connectivity index (χ0) is 14.2. The highest BCUT2D eigenvalue weighted by molar-refractivity contribution is 7.89. The maximum absolute atomic E-state index is 12.7. The molecule has 1 fully saturated rings. The Morgan fingerprint density at radius 1 is 1.47 bits per heavy atom. The number of halogens is 1. The third-order valence-corrected chi connectivity index (χ3v) is 6.12. The number of nitrogens with zero attached hydrogens (tertiary/aromatic N) is 1. The Morgan fingerprint density at radius 2 is 2.16 bits per heavy atom. The molecule has 0 bridgehead atoms. The Morgan fingerprint density at radius 3 is 2.79 bits per heavy atom. The molecule has 6 heteroatoms. The standard InChI is InChI=1S/C13H19ClN2O2S/c1-3-10-5-4-6-16(10)19(17,18)13-8-12(15)9(2)7-11(13)14/h7-8,10H,3-6,15H2,1-2H3. The Bertz CT molecular complexity index is 587. The van der Waals surface area contributed by atoms with Gasteiger partial charge < -0.3 is 5.73 Å². The molecule has 1 atom stereocenters. The molecule has 106 valence electrons. The fraction of sp³-hybridized carbons (Fsp3) is 0.538. The third kappa shape index (κ3) is 2.59. The molecule has 1 heterocycles. The minimum Gasteiger partial charge on any atom is -0.398 e. The van der Waals surface area contributed by atoms with E-state index in [1.807, 2.05) is 13.8 Å². The van der Waals surface area contributed by atoms with Crippen LogP contribution in [0.4, 0.5) is 5.69 Å². The van der Waals surface area contributed by atoms with Crippen LogP contribution in [0.15, 0.2) is 17.0 Å². The molecule has 0 aliphatic carbocycles. The number of rotatable bonds is 3. The summed E-state index contributed by atoms with van der Waals surface area (Å²) in [5.41, 5.74) is 7.05. The van der Waals surface area contributed by atoms with Crippen LogP contribution >= 0.6 is 11.6 Å². The van der Waals surface area contributed by atoms with E-state index in [-0.39, 0.29) is 16.0 Å². The summed E-state index contributed by atoms with van der Waals surface area (Å²) < 4.78 is 26.9. The van der Waals surface area contributed by atoms with Gasteiger partial charge in [-0.3, -0.25) is 0 Å². The van der Waals surface area contributed by atoms with Gasteiger partial charge in [0.1, 0.15) is 4.90 Å². The molecule has 0 spiro atoms. The van der Waals surface area contributed by atoms with Crippen LogP contribution in [0.2, 0.25) is 5.02 Å². The van der Waals surface area contributed by atoms with E-state index in [0.29, 0.717) is 12.2 Å². The zero-order valence-electron chi connectivity index (χ0n) is 11.2. The quantitative estimate of drug-likeness (QED) is 0.873. The van der Waals surface area contributed by atoms with Crippen LogP contribution < -0.4 is 5.73 Å². The van der Waals surface area contributed by atoms with E-state index in [0.717, 1.165) is 24.8 Å². The minimum absolute atomic E-state index is 0.0728. The zero-order valence-corrected chi connectivity index (χ0v) is 12.8. The van der Waals surface area contributed by atoms with Gasteiger partial charge in [-0.2, -0.15) is 4.31 Å². The van der Waals surface area contributed by atoms with Crippen molar-refractivity contribution >= 4 is 27.3 Å². The van der Waals surface area contributed by atoms with E-state index in [9.17, 15) is 8.42 Å². The molecular weight excluding hydrogens is 284 g/mol. The summed E-state index contributed by atoms with van der Waals surface area (Å²) >= 11 is 6.09. The lowest BCUT2D eigenvalue weighted by Crippen LogP contribution is -2.35. The third-order valence-electron chi connectivity index (χ3n) is 3.70. The van der Waals surface area contributed by atoms with Gasteiger partial charge in [0, 0.05) is 18.3 Å². The number of nitrogen functional groups attached to an aromatic ring is 1. The van der Waals surface area contributed by atoms with E-state index in [2.05, 4.69) is 0 Å². The second-order valence-corrected chi connectivity index (χ2v) is 7.23. The molecule has 2 N–H and O–H groups in total. The molecular formula is C13H19ClN2O2S. The molecule has 19 heavy (non-hydrogen) atoms. The van der Waals surface area contributed by atoms with E-state index >= 15 is 0 Å². The lowest BCUT2D eigenvalue weighted by atomic mass is 10.2. The maximum atomic E-state index is 12.7. The monoisotopic (exact) mass is 302 g/mol. The first kappa shape index (κ1) is 14.6. The highest BCUT2D eigenvalue weighted by Crippen LogP contribution is 2.33. The van der Waals surface area contributed by atoms with Gasteiger partial charge in [-0.25, -0.2) is 8.42 Å². The topological polar surface area (TPSA) is 63.4 Å². The highest BCUT2D eigenvalue weighted by atomic mass is 35.5. The van der Waals surface area contributed by atoms with Crippen molar-refractivity contribution in [3.63, 3.8) is 0 Å². The summed E-state index contributed by atoms with van der Waals surface area (Å²) in [5.74, 6) is 0. The van der Waals surface area contributed by atoms with Gasteiger partial charge in [-0.15, -0.1) is 0 Å². The summed E-state index contributed by atoms with van der Waals surface area (Å²) in [6.07, 6.45) is 2.63. The van der Waals surface area contributed by atoms with Crippen molar-refractivity contribution in [3.8, 4) is 0 Å². The molecule has 4 nitrogen and oxygen atoms in total. The minimum atomic E-state index is -3.55.